The summed E-state index contributed by atoms with van der Waals surface area (Å²) in [6.07, 6.45) is 3.41. The van der Waals surface area contributed by atoms with Crippen LogP contribution < -0.4 is 5.32 Å². The van der Waals surface area contributed by atoms with Crippen LogP contribution in [0.25, 0.3) is 11.0 Å². The zero-order chi connectivity index (χ0) is 15.0. The van der Waals surface area contributed by atoms with Crippen molar-refractivity contribution in [1.29, 1.82) is 0 Å². The van der Waals surface area contributed by atoms with E-state index in [1.807, 2.05) is 0 Å². The number of imidazole rings is 1. The van der Waals surface area contributed by atoms with Gasteiger partial charge in [-0.25, -0.2) is 9.37 Å². The van der Waals surface area contributed by atoms with Gasteiger partial charge in [-0.15, -0.1) is 0 Å². The zero-order valence-corrected chi connectivity index (χ0v) is 13.1. The molecule has 3 rings (SSSR count). The minimum atomic E-state index is -0.192. The minimum Gasteiger partial charge on any atom is -0.327 e. The monoisotopic (exact) mass is 289 g/mol. The van der Waals surface area contributed by atoms with Gasteiger partial charge in [0.25, 0.3) is 0 Å². The zero-order valence-electron chi connectivity index (χ0n) is 13.1. The topological polar surface area (TPSA) is 29.9 Å². The highest BCUT2D eigenvalue weighted by molar-refractivity contribution is 5.76. The molecule has 0 radical (unpaired) electrons. The van der Waals surface area contributed by atoms with Crippen LogP contribution in [0.15, 0.2) is 18.2 Å². The van der Waals surface area contributed by atoms with Gasteiger partial charge in [0.2, 0.25) is 0 Å². The molecule has 1 N–H and O–H groups in total. The van der Waals surface area contributed by atoms with Crippen LogP contribution in [0.3, 0.4) is 0 Å². The molecule has 1 aromatic carbocycles. The summed E-state index contributed by atoms with van der Waals surface area (Å²) in [7, 11) is 0. The van der Waals surface area contributed by atoms with Crippen LogP contribution in [0.1, 0.15) is 51.9 Å². The van der Waals surface area contributed by atoms with E-state index in [1.54, 1.807) is 12.1 Å². The quantitative estimate of drug-likeness (QED) is 0.924. The van der Waals surface area contributed by atoms with Crippen LogP contribution in [-0.2, 0) is 6.54 Å². The number of nitrogens with one attached hydrogen (secondary N) is 1. The Hall–Kier alpha value is -1.42. The van der Waals surface area contributed by atoms with Crippen molar-refractivity contribution >= 4 is 11.0 Å². The normalized spacial score (nSPS) is 21.8. The van der Waals surface area contributed by atoms with Gasteiger partial charge < -0.3 is 9.88 Å². The summed E-state index contributed by atoms with van der Waals surface area (Å²) in [5, 5.41) is 3.62. The predicted molar refractivity (Wildman–Crippen MR) is 83.7 cm³/mol. The summed E-state index contributed by atoms with van der Waals surface area (Å²) < 4.78 is 15.8. The van der Waals surface area contributed by atoms with Crippen LogP contribution in [0.2, 0.25) is 0 Å². The second kappa shape index (κ2) is 5.41. The van der Waals surface area contributed by atoms with Crippen LogP contribution >= 0.6 is 0 Å². The first-order valence-electron chi connectivity index (χ1n) is 7.92. The number of hydrogen-bond acceptors (Lipinski definition) is 2. The summed E-state index contributed by atoms with van der Waals surface area (Å²) in [6, 6.07) is 5.12. The molecule has 1 atom stereocenters. The predicted octanol–water partition coefficient (Wildman–Crippen LogP) is 4.04. The molecule has 1 unspecified atom stereocenters. The first kappa shape index (κ1) is 14.5. The van der Waals surface area contributed by atoms with Crippen molar-refractivity contribution in [1.82, 2.24) is 14.9 Å². The Labute approximate surface area is 125 Å². The van der Waals surface area contributed by atoms with Crippen LogP contribution in [0.4, 0.5) is 4.39 Å². The molecule has 2 aromatic rings. The van der Waals surface area contributed by atoms with Crippen molar-refractivity contribution in [2.24, 2.45) is 5.41 Å². The highest BCUT2D eigenvalue weighted by Crippen LogP contribution is 2.40. The van der Waals surface area contributed by atoms with E-state index in [9.17, 15) is 4.39 Å². The number of hydrogen-bond donors (Lipinski definition) is 1. The summed E-state index contributed by atoms with van der Waals surface area (Å²) in [6.45, 7) is 8.63. The number of aryl methyl sites for hydroxylation is 1. The van der Waals surface area contributed by atoms with Gasteiger partial charge in [0.1, 0.15) is 11.6 Å². The number of aromatic nitrogens is 2. The van der Waals surface area contributed by atoms with Gasteiger partial charge in [-0.1, -0.05) is 20.8 Å². The molecular formula is C17H24FN3. The molecule has 21 heavy (non-hydrogen) atoms. The summed E-state index contributed by atoms with van der Waals surface area (Å²) >= 11 is 0. The van der Waals surface area contributed by atoms with Crippen molar-refractivity contribution in [2.75, 3.05) is 6.54 Å². The molecule has 3 nitrogen and oxygen atoms in total. The first-order valence-corrected chi connectivity index (χ1v) is 7.92. The van der Waals surface area contributed by atoms with Gasteiger partial charge in [0.15, 0.2) is 0 Å². The van der Waals surface area contributed by atoms with Gasteiger partial charge in [-0.3, -0.25) is 0 Å². The fourth-order valence-electron chi connectivity index (χ4n) is 3.45. The first-order chi connectivity index (χ1) is 10.0. The Balaban J connectivity index is 2.14. The molecule has 1 aliphatic heterocycles. The van der Waals surface area contributed by atoms with Gasteiger partial charge in [-0.05, 0) is 49.4 Å². The average molecular weight is 289 g/mol. The number of nitrogens with zero attached hydrogens (tertiary/aromatic N) is 2. The van der Waals surface area contributed by atoms with Gasteiger partial charge >= 0.3 is 0 Å². The van der Waals surface area contributed by atoms with E-state index in [1.165, 1.54) is 18.9 Å². The molecule has 0 amide bonds. The lowest BCUT2D eigenvalue weighted by molar-refractivity contribution is 0.171. The van der Waals surface area contributed by atoms with Crippen molar-refractivity contribution in [3.63, 3.8) is 0 Å². The van der Waals surface area contributed by atoms with Crippen LogP contribution in [0.5, 0.6) is 0 Å². The Bertz CT molecular complexity index is 645. The molecule has 1 aliphatic rings. The van der Waals surface area contributed by atoms with E-state index < -0.39 is 0 Å². The number of benzene rings is 1. The van der Waals surface area contributed by atoms with E-state index >= 15 is 0 Å². The van der Waals surface area contributed by atoms with Crippen LogP contribution in [-0.4, -0.2) is 16.1 Å². The highest BCUT2D eigenvalue weighted by Gasteiger charge is 2.36. The molecule has 4 heteroatoms. The number of fused-ring (bicyclic) bond motifs is 1. The van der Waals surface area contributed by atoms with Gasteiger partial charge in [0.05, 0.1) is 17.1 Å². The molecular weight excluding hydrogens is 265 g/mol. The molecule has 114 valence electrons. The summed E-state index contributed by atoms with van der Waals surface area (Å²) in [5.41, 5.74) is 1.97. The third-order valence-electron chi connectivity index (χ3n) is 4.57. The molecule has 1 fully saturated rings. The van der Waals surface area contributed by atoms with E-state index in [0.717, 1.165) is 36.4 Å². The lowest BCUT2D eigenvalue weighted by Crippen LogP contribution is -2.41. The van der Waals surface area contributed by atoms with Crippen molar-refractivity contribution in [3.8, 4) is 0 Å². The van der Waals surface area contributed by atoms with Crippen LogP contribution in [0, 0.1) is 11.2 Å². The Kier molecular flexibility index (Phi) is 3.74. The third-order valence-corrected chi connectivity index (χ3v) is 4.57. The smallest absolute Gasteiger partial charge is 0.127 e. The molecule has 1 saturated heterocycles. The molecule has 1 aromatic heterocycles. The van der Waals surface area contributed by atoms with Gasteiger partial charge in [-0.2, -0.15) is 0 Å². The Morgan fingerprint density at radius 1 is 1.43 bits per heavy atom. The fraction of sp³-hybridized carbons (Fsp3) is 0.588. The molecule has 0 spiro atoms. The molecule has 0 aliphatic carbocycles. The maximum absolute atomic E-state index is 13.6. The molecule has 2 heterocycles. The highest BCUT2D eigenvalue weighted by atomic mass is 19.1. The van der Waals surface area contributed by atoms with E-state index in [4.69, 9.17) is 4.98 Å². The van der Waals surface area contributed by atoms with Crippen molar-refractivity contribution in [3.05, 3.63) is 29.8 Å². The molecule has 0 bridgehead atoms. The lowest BCUT2D eigenvalue weighted by Gasteiger charge is -2.39. The van der Waals surface area contributed by atoms with E-state index in [0.29, 0.717) is 0 Å². The second-order valence-electron chi connectivity index (χ2n) is 6.73. The van der Waals surface area contributed by atoms with Crippen molar-refractivity contribution < 1.29 is 4.39 Å². The SMILES string of the molecule is CCCn1c(C2NCCCC2(C)C)nc2ccc(F)cc21. The maximum atomic E-state index is 13.6. The van der Waals surface area contributed by atoms with Crippen molar-refractivity contribution in [2.45, 2.75) is 52.6 Å². The standard InChI is InChI=1S/C17H24FN3/c1-4-10-21-14-11-12(18)6-7-13(14)20-16(21)15-17(2,3)8-5-9-19-15/h6-7,11,15,19H,4-5,8-10H2,1-3H3. The third kappa shape index (κ3) is 2.57. The van der Waals surface area contributed by atoms with E-state index in [2.05, 4.69) is 30.7 Å². The number of halogens is 1. The van der Waals surface area contributed by atoms with Gasteiger partial charge in [0, 0.05) is 6.54 Å². The minimum absolute atomic E-state index is 0.170. The lowest BCUT2D eigenvalue weighted by atomic mass is 9.77. The number of rotatable bonds is 3. The summed E-state index contributed by atoms with van der Waals surface area (Å²) in [5.74, 6) is 0.865. The fourth-order valence-corrected chi connectivity index (χ4v) is 3.45. The number of piperidine rings is 1. The Morgan fingerprint density at radius 3 is 2.95 bits per heavy atom. The largest absolute Gasteiger partial charge is 0.327 e. The molecule has 0 saturated carbocycles. The second-order valence-corrected chi connectivity index (χ2v) is 6.73. The summed E-state index contributed by atoms with van der Waals surface area (Å²) in [4.78, 5) is 4.83. The maximum Gasteiger partial charge on any atom is 0.127 e. The van der Waals surface area contributed by atoms with E-state index in [-0.39, 0.29) is 17.3 Å². The average Bonchev–Trinajstić information content (AvgIpc) is 2.77. The Morgan fingerprint density at radius 2 is 2.24 bits per heavy atom.